The standard InChI is InChI=1S/C21H26N2O5S/c1-4-29(25,26)23-14-20(28-19-8-6-5-7-18(19)23)21(24)22-11-12-27-17-10-9-15(2)16(3)13-17/h5-10,13,20H,4,11-12,14H2,1-3H3,(H,22,24)/t20-/m0/s1. The predicted molar refractivity (Wildman–Crippen MR) is 112 cm³/mol. The van der Waals surface area contributed by atoms with Gasteiger partial charge in [0.05, 0.1) is 24.5 Å². The van der Waals surface area contributed by atoms with Crippen LogP contribution in [-0.2, 0) is 14.8 Å². The van der Waals surface area contributed by atoms with Crippen LogP contribution in [0.2, 0.25) is 0 Å². The molecule has 1 atom stereocenters. The van der Waals surface area contributed by atoms with Gasteiger partial charge < -0.3 is 14.8 Å². The fourth-order valence-corrected chi connectivity index (χ4v) is 4.14. The third-order valence-corrected chi connectivity index (χ3v) is 6.62. The Kier molecular flexibility index (Phi) is 6.32. The second-order valence-corrected chi connectivity index (χ2v) is 9.07. The van der Waals surface area contributed by atoms with Crippen molar-refractivity contribution in [3.8, 4) is 11.5 Å². The zero-order valence-corrected chi connectivity index (χ0v) is 17.7. The highest BCUT2D eigenvalue weighted by atomic mass is 32.2. The highest BCUT2D eigenvalue weighted by Gasteiger charge is 2.35. The van der Waals surface area contributed by atoms with Crippen LogP contribution >= 0.6 is 0 Å². The van der Waals surface area contributed by atoms with Crippen molar-refractivity contribution in [2.24, 2.45) is 0 Å². The highest BCUT2D eigenvalue weighted by Crippen LogP contribution is 2.35. The Morgan fingerprint density at radius 2 is 1.97 bits per heavy atom. The van der Waals surface area contributed by atoms with E-state index in [1.165, 1.54) is 9.87 Å². The number of amides is 1. The number of fused-ring (bicyclic) bond motifs is 1. The van der Waals surface area contributed by atoms with Gasteiger partial charge in [-0.2, -0.15) is 0 Å². The van der Waals surface area contributed by atoms with Crippen LogP contribution in [0.5, 0.6) is 11.5 Å². The molecule has 2 aromatic rings. The molecule has 0 aliphatic carbocycles. The first-order chi connectivity index (χ1) is 13.8. The molecule has 0 spiro atoms. The molecule has 1 aliphatic heterocycles. The van der Waals surface area contributed by atoms with Gasteiger partial charge in [0.1, 0.15) is 18.1 Å². The van der Waals surface area contributed by atoms with Gasteiger partial charge in [-0.1, -0.05) is 18.2 Å². The molecule has 0 saturated heterocycles. The van der Waals surface area contributed by atoms with E-state index in [1.807, 2.05) is 32.0 Å². The number of carbonyl (C=O) groups is 1. The van der Waals surface area contributed by atoms with E-state index in [1.54, 1.807) is 31.2 Å². The Morgan fingerprint density at radius 3 is 2.69 bits per heavy atom. The monoisotopic (exact) mass is 418 g/mol. The van der Waals surface area contributed by atoms with Gasteiger partial charge in [0.2, 0.25) is 10.0 Å². The van der Waals surface area contributed by atoms with Crippen molar-refractivity contribution in [2.45, 2.75) is 26.9 Å². The molecule has 0 unspecified atom stereocenters. The summed E-state index contributed by atoms with van der Waals surface area (Å²) in [5.74, 6) is 0.687. The number of nitrogens with one attached hydrogen (secondary N) is 1. The molecule has 0 saturated carbocycles. The summed E-state index contributed by atoms with van der Waals surface area (Å²) < 4.78 is 37.6. The first-order valence-electron chi connectivity index (χ1n) is 9.55. The average Bonchev–Trinajstić information content (AvgIpc) is 2.72. The lowest BCUT2D eigenvalue weighted by atomic mass is 10.1. The molecule has 1 aliphatic rings. The molecule has 0 bridgehead atoms. The van der Waals surface area contributed by atoms with E-state index in [4.69, 9.17) is 9.47 Å². The number of benzene rings is 2. The van der Waals surface area contributed by atoms with Crippen molar-refractivity contribution in [3.63, 3.8) is 0 Å². The molecule has 0 radical (unpaired) electrons. The summed E-state index contributed by atoms with van der Waals surface area (Å²) in [6.45, 7) is 6.15. The zero-order chi connectivity index (χ0) is 21.0. The number of aryl methyl sites for hydroxylation is 2. The quantitative estimate of drug-likeness (QED) is 0.698. The molecule has 0 fully saturated rings. The van der Waals surface area contributed by atoms with Crippen LogP contribution in [0.25, 0.3) is 0 Å². The summed E-state index contributed by atoms with van der Waals surface area (Å²) in [6.07, 6.45) is -0.923. The molecule has 8 heteroatoms. The van der Waals surface area contributed by atoms with E-state index in [0.717, 1.165) is 11.3 Å². The van der Waals surface area contributed by atoms with Crippen LogP contribution in [0.4, 0.5) is 5.69 Å². The van der Waals surface area contributed by atoms with Crippen molar-refractivity contribution in [1.82, 2.24) is 5.32 Å². The minimum absolute atomic E-state index is 0.0561. The molecule has 2 aromatic carbocycles. The summed E-state index contributed by atoms with van der Waals surface area (Å²) in [7, 11) is -3.52. The Labute approximate surface area is 171 Å². The number of hydrogen-bond acceptors (Lipinski definition) is 5. The third kappa shape index (κ3) is 4.82. The van der Waals surface area contributed by atoms with Gasteiger partial charge >= 0.3 is 0 Å². The van der Waals surface area contributed by atoms with Gasteiger partial charge in [-0.25, -0.2) is 8.42 Å². The normalized spacial score (nSPS) is 16.0. The lowest BCUT2D eigenvalue weighted by Crippen LogP contribution is -2.51. The Morgan fingerprint density at radius 1 is 1.21 bits per heavy atom. The highest BCUT2D eigenvalue weighted by molar-refractivity contribution is 7.92. The minimum Gasteiger partial charge on any atom is -0.492 e. The average molecular weight is 419 g/mol. The van der Waals surface area contributed by atoms with Gasteiger partial charge in [0, 0.05) is 0 Å². The second-order valence-electron chi connectivity index (χ2n) is 6.89. The van der Waals surface area contributed by atoms with Crippen LogP contribution in [0, 0.1) is 13.8 Å². The molecule has 1 heterocycles. The SMILES string of the molecule is CCS(=O)(=O)N1C[C@@H](C(=O)NCCOc2ccc(C)c(C)c2)Oc2ccccc21. The number of rotatable bonds is 7. The summed E-state index contributed by atoms with van der Waals surface area (Å²) in [4.78, 5) is 12.6. The summed E-state index contributed by atoms with van der Waals surface area (Å²) in [5.41, 5.74) is 2.78. The van der Waals surface area contributed by atoms with Crippen LogP contribution in [-0.4, -0.2) is 45.9 Å². The number of anilines is 1. The first-order valence-corrected chi connectivity index (χ1v) is 11.2. The zero-order valence-electron chi connectivity index (χ0n) is 16.8. The maximum absolute atomic E-state index is 12.6. The van der Waals surface area contributed by atoms with Crippen molar-refractivity contribution in [1.29, 1.82) is 0 Å². The molecule has 1 amide bonds. The predicted octanol–water partition coefficient (Wildman–Crippen LogP) is 2.42. The van der Waals surface area contributed by atoms with Crippen molar-refractivity contribution < 1.29 is 22.7 Å². The number of carbonyl (C=O) groups excluding carboxylic acids is 1. The lowest BCUT2D eigenvalue weighted by molar-refractivity contribution is -0.127. The minimum atomic E-state index is -3.52. The van der Waals surface area contributed by atoms with Gasteiger partial charge in [-0.3, -0.25) is 9.10 Å². The molecule has 29 heavy (non-hydrogen) atoms. The van der Waals surface area contributed by atoms with Gasteiger partial charge in [-0.15, -0.1) is 0 Å². The van der Waals surface area contributed by atoms with Crippen molar-refractivity contribution in [3.05, 3.63) is 53.6 Å². The topological polar surface area (TPSA) is 84.9 Å². The number of para-hydroxylation sites is 2. The van der Waals surface area contributed by atoms with Gasteiger partial charge in [0.25, 0.3) is 5.91 Å². The number of ether oxygens (including phenoxy) is 2. The molecular weight excluding hydrogens is 392 g/mol. The van der Waals surface area contributed by atoms with Gasteiger partial charge in [-0.05, 0) is 56.2 Å². The van der Waals surface area contributed by atoms with E-state index in [2.05, 4.69) is 5.32 Å². The van der Waals surface area contributed by atoms with Crippen molar-refractivity contribution >= 4 is 21.6 Å². The molecule has 3 rings (SSSR count). The van der Waals surface area contributed by atoms with Crippen LogP contribution in [0.3, 0.4) is 0 Å². The molecule has 1 N–H and O–H groups in total. The van der Waals surface area contributed by atoms with E-state index in [-0.39, 0.29) is 24.7 Å². The number of sulfonamides is 1. The fraction of sp³-hybridized carbons (Fsp3) is 0.381. The van der Waals surface area contributed by atoms with Crippen LogP contribution < -0.4 is 19.1 Å². The molecule has 0 aromatic heterocycles. The molecule has 7 nitrogen and oxygen atoms in total. The van der Waals surface area contributed by atoms with Gasteiger partial charge in [0.15, 0.2) is 6.10 Å². The van der Waals surface area contributed by atoms with E-state index in [0.29, 0.717) is 18.0 Å². The van der Waals surface area contributed by atoms with Crippen LogP contribution in [0.1, 0.15) is 18.1 Å². The molecular formula is C21H26N2O5S. The number of nitrogens with zero attached hydrogens (tertiary/aromatic N) is 1. The Balaban J connectivity index is 1.60. The maximum Gasteiger partial charge on any atom is 0.263 e. The smallest absolute Gasteiger partial charge is 0.263 e. The van der Waals surface area contributed by atoms with Crippen molar-refractivity contribution in [2.75, 3.05) is 29.8 Å². The molecule has 156 valence electrons. The lowest BCUT2D eigenvalue weighted by Gasteiger charge is -2.34. The largest absolute Gasteiger partial charge is 0.492 e. The second kappa shape index (κ2) is 8.73. The van der Waals surface area contributed by atoms with Crippen LogP contribution in [0.15, 0.2) is 42.5 Å². The Bertz CT molecular complexity index is 990. The third-order valence-electron chi connectivity index (χ3n) is 4.88. The summed E-state index contributed by atoms with van der Waals surface area (Å²) in [6, 6.07) is 12.6. The first kappa shape index (κ1) is 21.0. The van der Waals surface area contributed by atoms with E-state index >= 15 is 0 Å². The number of hydrogen-bond donors (Lipinski definition) is 1. The summed E-state index contributed by atoms with van der Waals surface area (Å²) in [5, 5.41) is 2.76. The van der Waals surface area contributed by atoms with E-state index in [9.17, 15) is 13.2 Å². The van der Waals surface area contributed by atoms with E-state index < -0.39 is 16.1 Å². The summed E-state index contributed by atoms with van der Waals surface area (Å²) >= 11 is 0. The Hall–Kier alpha value is -2.74. The maximum atomic E-state index is 12.6. The fourth-order valence-electron chi connectivity index (χ4n) is 3.02.